The molecule has 166 valence electrons. The van der Waals surface area contributed by atoms with Crippen LogP contribution in [0.5, 0.6) is 0 Å². The normalized spacial score (nSPS) is 21.6. The molecular weight excluding hydrogens is 382 g/mol. The molecule has 4 rings (SSSR count). The second kappa shape index (κ2) is 10.3. The van der Waals surface area contributed by atoms with E-state index in [-0.39, 0.29) is 17.9 Å². The number of carbonyl (C=O) groups excluding carboxylic acids is 1. The highest BCUT2D eigenvalue weighted by Crippen LogP contribution is 2.25. The lowest BCUT2D eigenvalue weighted by molar-refractivity contribution is -0.127. The van der Waals surface area contributed by atoms with E-state index in [1.165, 1.54) is 29.7 Å². The van der Waals surface area contributed by atoms with E-state index in [4.69, 9.17) is 0 Å². The molecule has 1 N–H and O–H groups in total. The van der Waals surface area contributed by atoms with E-state index in [1.807, 2.05) is 0 Å². The number of piperidine rings is 2. The van der Waals surface area contributed by atoms with Crippen molar-refractivity contribution in [1.29, 1.82) is 0 Å². The summed E-state index contributed by atoms with van der Waals surface area (Å²) >= 11 is 0. The standard InChI is InChI=1S/C27H37N3O/c1-21-7-6-16-30(19-21)26-12-10-24(11-13-26)22(2)28-27(31)25-14-17-29(18-15-25)20-23-8-4-3-5-9-23/h3-5,8-13,21-22,25H,6-7,14-20H2,1-2H3,(H,28,31)/t21-,22-/m1/s1. The number of anilines is 1. The van der Waals surface area contributed by atoms with Crippen molar-refractivity contribution in [3.05, 3.63) is 65.7 Å². The van der Waals surface area contributed by atoms with Crippen molar-refractivity contribution < 1.29 is 4.79 Å². The molecule has 0 aliphatic carbocycles. The van der Waals surface area contributed by atoms with Crippen LogP contribution < -0.4 is 10.2 Å². The van der Waals surface area contributed by atoms with Crippen LogP contribution in [-0.4, -0.2) is 37.0 Å². The Hall–Kier alpha value is -2.33. The first kappa shape index (κ1) is 21.9. The number of amides is 1. The minimum absolute atomic E-state index is 0.0455. The van der Waals surface area contributed by atoms with E-state index in [2.05, 4.69) is 83.6 Å². The molecule has 2 aliphatic rings. The van der Waals surface area contributed by atoms with E-state index in [0.717, 1.165) is 51.5 Å². The first-order valence-corrected chi connectivity index (χ1v) is 12.0. The van der Waals surface area contributed by atoms with Gasteiger partial charge in [0, 0.05) is 31.2 Å². The fourth-order valence-corrected chi connectivity index (χ4v) is 5.01. The molecule has 2 aromatic rings. The summed E-state index contributed by atoms with van der Waals surface area (Å²) in [7, 11) is 0. The van der Waals surface area contributed by atoms with E-state index < -0.39 is 0 Å². The second-order valence-electron chi connectivity index (χ2n) is 9.55. The Labute approximate surface area is 187 Å². The van der Waals surface area contributed by atoms with Crippen molar-refractivity contribution in [1.82, 2.24) is 10.2 Å². The zero-order chi connectivity index (χ0) is 21.6. The quantitative estimate of drug-likeness (QED) is 0.715. The van der Waals surface area contributed by atoms with E-state index in [1.54, 1.807) is 0 Å². The van der Waals surface area contributed by atoms with E-state index in [9.17, 15) is 4.79 Å². The molecule has 2 fully saturated rings. The Morgan fingerprint density at radius 3 is 2.39 bits per heavy atom. The van der Waals surface area contributed by atoms with Crippen LogP contribution in [0.3, 0.4) is 0 Å². The Kier molecular flexibility index (Phi) is 7.29. The third kappa shape index (κ3) is 5.88. The number of carbonyl (C=O) groups is 1. The molecule has 2 heterocycles. The van der Waals surface area contributed by atoms with Gasteiger partial charge in [0.15, 0.2) is 0 Å². The fraction of sp³-hybridized carbons (Fsp3) is 0.519. The van der Waals surface area contributed by atoms with Crippen molar-refractivity contribution in [3.63, 3.8) is 0 Å². The Balaban J connectivity index is 1.25. The van der Waals surface area contributed by atoms with Gasteiger partial charge in [0.05, 0.1) is 6.04 Å². The molecule has 31 heavy (non-hydrogen) atoms. The zero-order valence-electron chi connectivity index (χ0n) is 19.1. The molecule has 0 spiro atoms. The molecule has 1 amide bonds. The van der Waals surface area contributed by atoms with Gasteiger partial charge in [-0.25, -0.2) is 0 Å². The third-order valence-electron chi connectivity index (χ3n) is 6.98. The molecule has 2 saturated heterocycles. The van der Waals surface area contributed by atoms with E-state index >= 15 is 0 Å². The predicted octanol–water partition coefficient (Wildman–Crippen LogP) is 5.01. The average molecular weight is 420 g/mol. The van der Waals surface area contributed by atoms with Gasteiger partial charge in [0.25, 0.3) is 0 Å². The van der Waals surface area contributed by atoms with Crippen LogP contribution in [0.2, 0.25) is 0 Å². The fourth-order valence-electron chi connectivity index (χ4n) is 5.01. The number of hydrogen-bond donors (Lipinski definition) is 1. The molecule has 4 nitrogen and oxygen atoms in total. The summed E-state index contributed by atoms with van der Waals surface area (Å²) in [5.74, 6) is 1.11. The molecule has 2 atom stereocenters. The van der Waals surface area contributed by atoms with Crippen molar-refractivity contribution in [2.24, 2.45) is 11.8 Å². The highest BCUT2D eigenvalue weighted by molar-refractivity contribution is 5.79. The lowest BCUT2D eigenvalue weighted by Gasteiger charge is -2.33. The summed E-state index contributed by atoms with van der Waals surface area (Å²) in [5.41, 5.74) is 3.84. The van der Waals surface area contributed by atoms with Gasteiger partial charge in [-0.2, -0.15) is 0 Å². The van der Waals surface area contributed by atoms with Crippen LogP contribution in [0.4, 0.5) is 5.69 Å². The maximum Gasteiger partial charge on any atom is 0.223 e. The van der Waals surface area contributed by atoms with Crippen molar-refractivity contribution in [3.8, 4) is 0 Å². The lowest BCUT2D eigenvalue weighted by Crippen LogP contribution is -2.40. The Morgan fingerprint density at radius 1 is 1.00 bits per heavy atom. The number of likely N-dealkylation sites (tertiary alicyclic amines) is 1. The van der Waals surface area contributed by atoms with Crippen LogP contribution >= 0.6 is 0 Å². The minimum atomic E-state index is 0.0455. The average Bonchev–Trinajstić information content (AvgIpc) is 2.80. The summed E-state index contributed by atoms with van der Waals surface area (Å²) < 4.78 is 0. The largest absolute Gasteiger partial charge is 0.371 e. The second-order valence-corrected chi connectivity index (χ2v) is 9.55. The smallest absolute Gasteiger partial charge is 0.223 e. The zero-order valence-corrected chi connectivity index (χ0v) is 19.1. The third-order valence-corrected chi connectivity index (χ3v) is 6.98. The summed E-state index contributed by atoms with van der Waals surface area (Å²) in [5, 5.41) is 3.27. The first-order chi connectivity index (χ1) is 15.1. The minimum Gasteiger partial charge on any atom is -0.371 e. The molecule has 2 aliphatic heterocycles. The number of rotatable bonds is 6. The van der Waals surface area contributed by atoms with Crippen LogP contribution in [0.1, 0.15) is 56.7 Å². The molecule has 2 aromatic carbocycles. The highest BCUT2D eigenvalue weighted by Gasteiger charge is 2.26. The maximum absolute atomic E-state index is 12.9. The van der Waals surface area contributed by atoms with Gasteiger partial charge >= 0.3 is 0 Å². The van der Waals surface area contributed by atoms with Gasteiger partial charge in [-0.05, 0) is 74.9 Å². The summed E-state index contributed by atoms with van der Waals surface area (Å²) in [4.78, 5) is 17.8. The van der Waals surface area contributed by atoms with Gasteiger partial charge in [-0.1, -0.05) is 49.4 Å². The molecule has 0 unspecified atom stereocenters. The molecule has 0 aromatic heterocycles. The topological polar surface area (TPSA) is 35.6 Å². The van der Waals surface area contributed by atoms with Gasteiger partial charge in [0.2, 0.25) is 5.91 Å². The van der Waals surface area contributed by atoms with Crippen LogP contribution in [-0.2, 0) is 11.3 Å². The van der Waals surface area contributed by atoms with Gasteiger partial charge in [-0.3, -0.25) is 9.69 Å². The van der Waals surface area contributed by atoms with Crippen LogP contribution in [0.15, 0.2) is 54.6 Å². The summed E-state index contributed by atoms with van der Waals surface area (Å²) in [6.45, 7) is 9.70. The summed E-state index contributed by atoms with van der Waals surface area (Å²) in [6, 6.07) is 19.5. The van der Waals surface area contributed by atoms with Crippen LogP contribution in [0.25, 0.3) is 0 Å². The SMILES string of the molecule is C[C@@H]1CCCN(c2ccc([C@@H](C)NC(=O)C3CCN(Cc4ccccc4)CC3)cc2)C1. The van der Waals surface area contributed by atoms with Crippen LogP contribution in [0, 0.1) is 11.8 Å². The molecule has 4 heteroatoms. The number of benzene rings is 2. The van der Waals surface area contributed by atoms with Gasteiger partial charge < -0.3 is 10.2 Å². The van der Waals surface area contributed by atoms with Gasteiger partial charge in [-0.15, -0.1) is 0 Å². The Bertz CT molecular complexity index is 827. The van der Waals surface area contributed by atoms with Crippen molar-refractivity contribution in [2.45, 2.75) is 52.1 Å². The predicted molar refractivity (Wildman–Crippen MR) is 128 cm³/mol. The Morgan fingerprint density at radius 2 is 1.71 bits per heavy atom. The number of nitrogens with zero attached hydrogens (tertiary/aromatic N) is 2. The molecular formula is C27H37N3O. The molecule has 0 saturated carbocycles. The van der Waals surface area contributed by atoms with Crippen molar-refractivity contribution in [2.75, 3.05) is 31.1 Å². The van der Waals surface area contributed by atoms with E-state index in [0.29, 0.717) is 0 Å². The van der Waals surface area contributed by atoms with Gasteiger partial charge in [0.1, 0.15) is 0 Å². The van der Waals surface area contributed by atoms with Crippen molar-refractivity contribution >= 4 is 11.6 Å². The number of hydrogen-bond acceptors (Lipinski definition) is 3. The number of nitrogens with one attached hydrogen (secondary N) is 1. The first-order valence-electron chi connectivity index (χ1n) is 12.0. The maximum atomic E-state index is 12.9. The summed E-state index contributed by atoms with van der Waals surface area (Å²) in [6.07, 6.45) is 4.50. The monoisotopic (exact) mass is 419 g/mol. The molecule has 0 radical (unpaired) electrons. The molecule has 0 bridgehead atoms. The lowest BCUT2D eigenvalue weighted by atomic mass is 9.94. The highest BCUT2D eigenvalue weighted by atomic mass is 16.1.